The van der Waals surface area contributed by atoms with Gasteiger partial charge in [-0.2, -0.15) is 4.57 Å². The van der Waals surface area contributed by atoms with Gasteiger partial charge in [0.15, 0.2) is 0 Å². The van der Waals surface area contributed by atoms with E-state index >= 15 is 0 Å². The molecule has 164 valence electrons. The standard InChI is InChI=1S/C30H35N2/c1-20(2)24-14-10-15-25(21(3)4)29(24)32-19-18-31(7)30(32)28-17-11-16-27(23(28)6)26-13-9-8-12-22(26)5/h8-21H,1-7H3/q+1/i5D3. The number of hydrogen-bond donors (Lipinski definition) is 0. The number of para-hydroxylation sites is 1. The molecule has 4 aromatic rings. The third kappa shape index (κ3) is 3.79. The molecular formula is C30H35N2+. The molecule has 0 bridgehead atoms. The van der Waals surface area contributed by atoms with Crippen LogP contribution in [-0.4, -0.2) is 4.57 Å². The van der Waals surface area contributed by atoms with E-state index in [4.69, 9.17) is 4.11 Å². The lowest BCUT2D eigenvalue weighted by atomic mass is 9.91. The van der Waals surface area contributed by atoms with Crippen molar-refractivity contribution in [1.82, 2.24) is 4.57 Å². The van der Waals surface area contributed by atoms with Gasteiger partial charge in [0.25, 0.3) is 5.82 Å². The Morgan fingerprint density at radius 2 is 1.38 bits per heavy atom. The maximum absolute atomic E-state index is 8.06. The van der Waals surface area contributed by atoms with Crippen LogP contribution in [0.3, 0.4) is 0 Å². The Bertz CT molecular complexity index is 1330. The molecule has 0 fully saturated rings. The van der Waals surface area contributed by atoms with E-state index in [-0.39, 0.29) is 0 Å². The van der Waals surface area contributed by atoms with Gasteiger partial charge >= 0.3 is 0 Å². The molecule has 0 saturated carbocycles. The number of benzene rings is 3. The van der Waals surface area contributed by atoms with Crippen LogP contribution in [0.1, 0.15) is 65.9 Å². The maximum Gasteiger partial charge on any atom is 0.294 e. The van der Waals surface area contributed by atoms with Crippen molar-refractivity contribution >= 4 is 0 Å². The second-order valence-electron chi connectivity index (χ2n) is 9.22. The molecule has 1 heterocycles. The number of imidazole rings is 1. The highest BCUT2D eigenvalue weighted by molar-refractivity contribution is 5.77. The monoisotopic (exact) mass is 426 g/mol. The largest absolute Gasteiger partial charge is 0.294 e. The normalized spacial score (nSPS) is 13.3. The average molecular weight is 427 g/mol. The quantitative estimate of drug-likeness (QED) is 0.292. The van der Waals surface area contributed by atoms with Crippen LogP contribution in [0, 0.1) is 13.8 Å². The Labute approximate surface area is 197 Å². The van der Waals surface area contributed by atoms with E-state index < -0.39 is 6.85 Å². The maximum atomic E-state index is 8.06. The smallest absolute Gasteiger partial charge is 0.232 e. The first-order valence-electron chi connectivity index (χ1n) is 12.9. The molecule has 2 heteroatoms. The van der Waals surface area contributed by atoms with Gasteiger partial charge in [-0.15, -0.1) is 0 Å². The third-order valence-corrected chi connectivity index (χ3v) is 6.38. The fraction of sp³-hybridized carbons (Fsp3) is 0.300. The first-order valence-corrected chi connectivity index (χ1v) is 11.4. The summed E-state index contributed by atoms with van der Waals surface area (Å²) in [6.45, 7) is 8.88. The van der Waals surface area contributed by atoms with Crippen LogP contribution < -0.4 is 4.57 Å². The highest BCUT2D eigenvalue weighted by Crippen LogP contribution is 2.36. The summed E-state index contributed by atoms with van der Waals surface area (Å²) >= 11 is 0. The third-order valence-electron chi connectivity index (χ3n) is 6.38. The van der Waals surface area contributed by atoms with Crippen LogP contribution in [0.25, 0.3) is 28.2 Å². The second-order valence-corrected chi connectivity index (χ2v) is 9.22. The van der Waals surface area contributed by atoms with Gasteiger partial charge in [-0.25, -0.2) is 4.57 Å². The van der Waals surface area contributed by atoms with Crippen LogP contribution in [0.15, 0.2) is 73.1 Å². The Kier molecular flexibility index (Phi) is 5.06. The predicted molar refractivity (Wildman–Crippen MR) is 135 cm³/mol. The van der Waals surface area contributed by atoms with Gasteiger partial charge in [-0.1, -0.05) is 82.3 Å². The molecule has 3 aromatic carbocycles. The highest BCUT2D eigenvalue weighted by atomic mass is 15.1. The van der Waals surface area contributed by atoms with Crippen molar-refractivity contribution in [2.45, 2.75) is 53.3 Å². The molecule has 0 atom stereocenters. The van der Waals surface area contributed by atoms with Crippen LogP contribution in [0.5, 0.6) is 0 Å². The van der Waals surface area contributed by atoms with Crippen molar-refractivity contribution in [1.29, 1.82) is 0 Å². The van der Waals surface area contributed by atoms with Gasteiger partial charge in [-0.3, -0.25) is 0 Å². The lowest BCUT2D eigenvalue weighted by Gasteiger charge is -2.18. The average Bonchev–Trinajstić information content (AvgIpc) is 3.18. The van der Waals surface area contributed by atoms with E-state index in [1.807, 2.05) is 24.3 Å². The zero-order chi connectivity index (χ0) is 25.5. The molecule has 0 amide bonds. The minimum absolute atomic E-state index is 0.378. The Balaban J connectivity index is 2.00. The number of hydrogen-bond acceptors (Lipinski definition) is 0. The fourth-order valence-corrected chi connectivity index (χ4v) is 4.66. The first kappa shape index (κ1) is 18.4. The summed E-state index contributed by atoms with van der Waals surface area (Å²) in [5.41, 5.74) is 8.11. The molecule has 1 aromatic heterocycles. The fourth-order valence-electron chi connectivity index (χ4n) is 4.66. The van der Waals surface area contributed by atoms with Crippen LogP contribution in [0.4, 0.5) is 0 Å². The summed E-state index contributed by atoms with van der Waals surface area (Å²) in [6, 6.07) is 20.1. The minimum Gasteiger partial charge on any atom is -0.232 e. The van der Waals surface area contributed by atoms with Crippen molar-refractivity contribution in [2.24, 2.45) is 7.05 Å². The summed E-state index contributed by atoms with van der Waals surface area (Å²) in [7, 11) is 2.07. The molecule has 4 rings (SSSR count). The molecule has 0 N–H and O–H groups in total. The van der Waals surface area contributed by atoms with Gasteiger partial charge < -0.3 is 0 Å². The van der Waals surface area contributed by atoms with Crippen molar-refractivity contribution < 1.29 is 8.68 Å². The summed E-state index contributed by atoms with van der Waals surface area (Å²) in [6.07, 6.45) is 4.24. The summed E-state index contributed by atoms with van der Waals surface area (Å²) in [5.74, 6) is 1.83. The molecule has 0 saturated heterocycles. The number of aryl methyl sites for hydroxylation is 2. The van der Waals surface area contributed by atoms with Gasteiger partial charge in [0, 0.05) is 15.2 Å². The molecular weight excluding hydrogens is 388 g/mol. The summed E-state index contributed by atoms with van der Waals surface area (Å²) < 4.78 is 28.6. The Morgan fingerprint density at radius 3 is 2.03 bits per heavy atom. The highest BCUT2D eigenvalue weighted by Gasteiger charge is 2.27. The van der Waals surface area contributed by atoms with E-state index in [2.05, 4.69) is 87.5 Å². The lowest BCUT2D eigenvalue weighted by molar-refractivity contribution is -0.659. The van der Waals surface area contributed by atoms with Gasteiger partial charge in [-0.05, 0) is 53.9 Å². The van der Waals surface area contributed by atoms with E-state index in [1.54, 1.807) is 12.1 Å². The van der Waals surface area contributed by atoms with Gasteiger partial charge in [0.2, 0.25) is 0 Å². The van der Waals surface area contributed by atoms with E-state index in [0.717, 1.165) is 28.1 Å². The zero-order valence-corrected chi connectivity index (χ0v) is 20.0. The Hall–Kier alpha value is -3.13. The van der Waals surface area contributed by atoms with Crippen molar-refractivity contribution in [2.75, 3.05) is 0 Å². The molecule has 0 spiro atoms. The second kappa shape index (κ2) is 8.78. The predicted octanol–water partition coefficient (Wildman–Crippen LogP) is 7.50. The molecule has 0 aliphatic carbocycles. The van der Waals surface area contributed by atoms with Crippen LogP contribution >= 0.6 is 0 Å². The molecule has 32 heavy (non-hydrogen) atoms. The lowest BCUT2D eigenvalue weighted by Crippen LogP contribution is -2.29. The van der Waals surface area contributed by atoms with Crippen molar-refractivity contribution in [3.8, 4) is 28.2 Å². The number of rotatable bonds is 5. The van der Waals surface area contributed by atoms with E-state index in [9.17, 15) is 0 Å². The molecule has 2 nitrogen and oxygen atoms in total. The number of nitrogens with zero attached hydrogens (tertiary/aromatic N) is 2. The minimum atomic E-state index is -2.17. The number of aromatic nitrogens is 2. The summed E-state index contributed by atoms with van der Waals surface area (Å²) in [5, 5.41) is 0. The van der Waals surface area contributed by atoms with Gasteiger partial charge in [0.05, 0.1) is 12.6 Å². The summed E-state index contributed by atoms with van der Waals surface area (Å²) in [4.78, 5) is 0. The van der Waals surface area contributed by atoms with Crippen molar-refractivity contribution in [3.63, 3.8) is 0 Å². The van der Waals surface area contributed by atoms with Crippen LogP contribution in [-0.2, 0) is 7.05 Å². The molecule has 0 radical (unpaired) electrons. The first-order chi connectivity index (χ1) is 16.5. The Morgan fingerprint density at radius 1 is 0.781 bits per heavy atom. The van der Waals surface area contributed by atoms with E-state index in [1.165, 1.54) is 16.8 Å². The van der Waals surface area contributed by atoms with E-state index in [0.29, 0.717) is 17.4 Å². The molecule has 0 aliphatic rings. The zero-order valence-electron chi connectivity index (χ0n) is 23.0. The topological polar surface area (TPSA) is 8.81 Å². The van der Waals surface area contributed by atoms with Gasteiger partial charge in [0.1, 0.15) is 18.1 Å². The molecule has 0 unspecified atom stereocenters. The van der Waals surface area contributed by atoms with Crippen LogP contribution in [0.2, 0.25) is 0 Å². The SMILES string of the molecule is [2H]C([2H])([2H])c1ccccc1-c1cccc(-c2n(-c3c(C(C)C)cccc3C(C)C)cc[n+]2C)c1C. The molecule has 0 aliphatic heterocycles. The van der Waals surface area contributed by atoms with Crippen molar-refractivity contribution in [3.05, 3.63) is 95.3 Å².